The summed E-state index contributed by atoms with van der Waals surface area (Å²) in [5.74, 6) is 0. The number of aryl methyl sites for hydroxylation is 3. The highest BCUT2D eigenvalue weighted by Gasteiger charge is 2.10. The second-order valence-electron chi connectivity index (χ2n) is 4.38. The van der Waals surface area contributed by atoms with Gasteiger partial charge in [-0.3, -0.25) is 4.79 Å². The summed E-state index contributed by atoms with van der Waals surface area (Å²) < 4.78 is 1.85. The van der Waals surface area contributed by atoms with Crippen LogP contribution >= 0.6 is 15.9 Å². The fourth-order valence-corrected chi connectivity index (χ4v) is 2.43. The minimum atomic E-state index is -0.0214. The van der Waals surface area contributed by atoms with Crippen molar-refractivity contribution in [3.05, 3.63) is 57.0 Å². The van der Waals surface area contributed by atoms with Crippen LogP contribution in [0.25, 0.3) is 5.69 Å². The van der Waals surface area contributed by atoms with Gasteiger partial charge in [0.2, 0.25) is 5.43 Å². The Morgan fingerprint density at radius 2 is 1.83 bits per heavy atom. The average Bonchev–Trinajstić information content (AvgIpc) is 2.31. The summed E-state index contributed by atoms with van der Waals surface area (Å²) in [7, 11) is 0. The molecule has 0 radical (unpaired) electrons. The molecule has 0 atom stereocenters. The molecule has 0 N–H and O–H groups in total. The predicted octanol–water partition coefficient (Wildman–Crippen LogP) is 3.05. The Kier molecular flexibility index (Phi) is 3.66. The van der Waals surface area contributed by atoms with Crippen LogP contribution in [0.3, 0.4) is 0 Å². The molecule has 2 aromatic rings. The molecule has 3 nitrogen and oxygen atoms in total. The van der Waals surface area contributed by atoms with Gasteiger partial charge in [-0.1, -0.05) is 34.1 Å². The molecule has 0 amide bonds. The molecule has 18 heavy (non-hydrogen) atoms. The Bertz CT molecular complexity index is 626. The highest BCUT2D eigenvalue weighted by atomic mass is 79.9. The number of nitrogens with zero attached hydrogens (tertiary/aromatic N) is 2. The van der Waals surface area contributed by atoms with Crippen molar-refractivity contribution in [2.24, 2.45) is 0 Å². The summed E-state index contributed by atoms with van der Waals surface area (Å²) in [5.41, 5.74) is 4.71. The molecule has 0 aliphatic carbocycles. The zero-order chi connectivity index (χ0) is 13.3. The van der Waals surface area contributed by atoms with Gasteiger partial charge in [0.05, 0.1) is 11.0 Å². The largest absolute Gasteiger partial charge is 0.288 e. The van der Waals surface area contributed by atoms with Crippen molar-refractivity contribution < 1.29 is 0 Å². The number of rotatable bonds is 2. The molecule has 1 aromatic carbocycles. The van der Waals surface area contributed by atoms with Gasteiger partial charge in [-0.25, -0.2) is 4.68 Å². The number of hydrogen-bond donors (Lipinski definition) is 0. The molecule has 0 bridgehead atoms. The lowest BCUT2D eigenvalue weighted by atomic mass is 10.1. The normalized spacial score (nSPS) is 10.7. The molecule has 2 rings (SSSR count). The number of hydrogen-bond acceptors (Lipinski definition) is 2. The first-order chi connectivity index (χ1) is 8.54. The molecule has 0 saturated carbocycles. The van der Waals surface area contributed by atoms with Crippen molar-refractivity contribution in [1.29, 1.82) is 0 Å². The zero-order valence-corrected chi connectivity index (χ0v) is 12.3. The molecule has 1 aromatic heterocycles. The smallest absolute Gasteiger partial charge is 0.204 e. The van der Waals surface area contributed by atoms with Crippen molar-refractivity contribution in [2.45, 2.75) is 26.1 Å². The quantitative estimate of drug-likeness (QED) is 0.799. The van der Waals surface area contributed by atoms with Crippen LogP contribution in [0.4, 0.5) is 0 Å². The van der Waals surface area contributed by atoms with Gasteiger partial charge >= 0.3 is 0 Å². The second-order valence-corrected chi connectivity index (χ2v) is 4.94. The van der Waals surface area contributed by atoms with Gasteiger partial charge in [0.15, 0.2) is 0 Å². The molecule has 0 spiro atoms. The number of para-hydroxylation sites is 1. The topological polar surface area (TPSA) is 34.9 Å². The van der Waals surface area contributed by atoms with Crippen molar-refractivity contribution in [1.82, 2.24) is 9.78 Å². The Labute approximate surface area is 115 Å². The van der Waals surface area contributed by atoms with Gasteiger partial charge in [-0.05, 0) is 31.9 Å². The van der Waals surface area contributed by atoms with Gasteiger partial charge in [0, 0.05) is 11.8 Å². The van der Waals surface area contributed by atoms with Crippen LogP contribution in [0, 0.1) is 20.8 Å². The molecular weight excluding hydrogens is 292 g/mol. The van der Waals surface area contributed by atoms with E-state index in [4.69, 9.17) is 0 Å². The van der Waals surface area contributed by atoms with E-state index < -0.39 is 0 Å². The summed E-state index contributed by atoms with van der Waals surface area (Å²) in [6.07, 6.45) is 0. The van der Waals surface area contributed by atoms with E-state index >= 15 is 0 Å². The first-order valence-electron chi connectivity index (χ1n) is 5.77. The third-order valence-electron chi connectivity index (χ3n) is 2.96. The third kappa shape index (κ3) is 2.25. The van der Waals surface area contributed by atoms with Crippen molar-refractivity contribution in [3.63, 3.8) is 0 Å². The first kappa shape index (κ1) is 13.0. The van der Waals surface area contributed by atoms with Crippen LogP contribution in [0.15, 0.2) is 29.1 Å². The van der Waals surface area contributed by atoms with E-state index in [9.17, 15) is 4.79 Å². The fourth-order valence-electron chi connectivity index (χ4n) is 2.04. The minimum Gasteiger partial charge on any atom is -0.288 e. The molecule has 1 heterocycles. The standard InChI is InChI=1S/C14H15BrN2O/c1-9-5-4-6-10(2)14(9)17-11(3)7-13(18)12(8-15)16-17/h4-7H,8H2,1-3H3. The van der Waals surface area contributed by atoms with E-state index in [0.29, 0.717) is 11.0 Å². The summed E-state index contributed by atoms with van der Waals surface area (Å²) in [4.78, 5) is 11.7. The molecule has 0 aliphatic rings. The zero-order valence-electron chi connectivity index (χ0n) is 10.7. The Morgan fingerprint density at radius 3 is 2.39 bits per heavy atom. The minimum absolute atomic E-state index is 0.0214. The van der Waals surface area contributed by atoms with Crippen LogP contribution in [0.5, 0.6) is 0 Å². The number of aromatic nitrogens is 2. The molecule has 0 aliphatic heterocycles. The van der Waals surface area contributed by atoms with Crippen LogP contribution < -0.4 is 5.43 Å². The molecule has 0 fully saturated rings. The first-order valence-corrected chi connectivity index (χ1v) is 6.89. The van der Waals surface area contributed by atoms with Crippen molar-refractivity contribution in [2.75, 3.05) is 0 Å². The monoisotopic (exact) mass is 306 g/mol. The van der Waals surface area contributed by atoms with E-state index in [1.165, 1.54) is 0 Å². The van der Waals surface area contributed by atoms with Gasteiger partial charge in [0.1, 0.15) is 5.69 Å². The number of benzene rings is 1. The molecular formula is C14H15BrN2O. The number of alkyl halides is 1. The maximum absolute atomic E-state index is 11.7. The van der Waals surface area contributed by atoms with Gasteiger partial charge < -0.3 is 0 Å². The fraction of sp³-hybridized carbons (Fsp3) is 0.286. The lowest BCUT2D eigenvalue weighted by molar-refractivity contribution is 0.765. The Balaban J connectivity index is 2.75. The van der Waals surface area contributed by atoms with E-state index in [-0.39, 0.29) is 5.43 Å². The summed E-state index contributed by atoms with van der Waals surface area (Å²) in [6.45, 7) is 6.00. The summed E-state index contributed by atoms with van der Waals surface area (Å²) >= 11 is 3.30. The summed E-state index contributed by atoms with van der Waals surface area (Å²) in [6, 6.07) is 7.76. The third-order valence-corrected chi connectivity index (χ3v) is 3.49. The highest BCUT2D eigenvalue weighted by molar-refractivity contribution is 9.08. The average molecular weight is 307 g/mol. The van der Waals surface area contributed by atoms with Gasteiger partial charge in [0.25, 0.3) is 0 Å². The van der Waals surface area contributed by atoms with Crippen molar-refractivity contribution >= 4 is 15.9 Å². The van der Waals surface area contributed by atoms with E-state index in [2.05, 4.69) is 47.0 Å². The lowest BCUT2D eigenvalue weighted by Gasteiger charge is -2.15. The molecule has 0 unspecified atom stereocenters. The van der Waals surface area contributed by atoms with Crippen molar-refractivity contribution in [3.8, 4) is 5.69 Å². The highest BCUT2D eigenvalue weighted by Crippen LogP contribution is 2.19. The van der Waals surface area contributed by atoms with Gasteiger partial charge in [-0.15, -0.1) is 0 Å². The van der Waals surface area contributed by atoms with E-state index in [0.717, 1.165) is 22.5 Å². The van der Waals surface area contributed by atoms with Crippen LogP contribution in [0.2, 0.25) is 0 Å². The van der Waals surface area contributed by atoms with E-state index in [1.54, 1.807) is 6.07 Å². The Morgan fingerprint density at radius 1 is 1.22 bits per heavy atom. The lowest BCUT2D eigenvalue weighted by Crippen LogP contribution is -2.18. The summed E-state index contributed by atoms with van der Waals surface area (Å²) in [5, 5.41) is 4.91. The number of halogens is 1. The van der Waals surface area contributed by atoms with E-state index in [1.807, 2.05) is 17.7 Å². The van der Waals surface area contributed by atoms with Crippen LogP contribution in [-0.2, 0) is 5.33 Å². The molecule has 94 valence electrons. The van der Waals surface area contributed by atoms with Gasteiger partial charge in [-0.2, -0.15) is 5.10 Å². The predicted molar refractivity (Wildman–Crippen MR) is 76.7 cm³/mol. The van der Waals surface area contributed by atoms with Crippen LogP contribution in [0.1, 0.15) is 22.5 Å². The molecule has 0 saturated heterocycles. The maximum Gasteiger partial charge on any atom is 0.204 e. The van der Waals surface area contributed by atoms with Crippen LogP contribution in [-0.4, -0.2) is 9.78 Å². The second kappa shape index (κ2) is 5.06. The maximum atomic E-state index is 11.7. The Hall–Kier alpha value is -1.42. The molecule has 4 heteroatoms. The SMILES string of the molecule is Cc1cccc(C)c1-n1nc(CBr)c(=O)cc1C.